The Morgan fingerprint density at radius 1 is 0.231 bits per heavy atom. The average Bonchev–Trinajstić information content (AvgIpc) is 3.60. The van der Waals surface area contributed by atoms with Gasteiger partial charge in [-0.25, -0.2) is 0 Å². The van der Waals surface area contributed by atoms with Gasteiger partial charge < -0.3 is 9.80 Å². The molecule has 1 aliphatic heterocycles. The highest BCUT2D eigenvalue weighted by atomic mass is 28.3. The summed E-state index contributed by atoms with van der Waals surface area (Å²) in [6.07, 6.45) is 0. The summed E-state index contributed by atoms with van der Waals surface area (Å²) in [7, 11) is -2.18. The minimum absolute atomic E-state index is 1.13. The van der Waals surface area contributed by atoms with Gasteiger partial charge in [-0.1, -0.05) is 195 Å². The van der Waals surface area contributed by atoms with Crippen molar-refractivity contribution in [2.24, 2.45) is 0 Å². The molecule has 0 radical (unpaired) electrons. The predicted octanol–water partition coefficient (Wildman–Crippen LogP) is 16.1. The lowest BCUT2D eigenvalue weighted by molar-refractivity contribution is 1.28. The van der Waals surface area contributed by atoms with Gasteiger partial charge in [0.15, 0.2) is 0 Å². The lowest BCUT2D eigenvalue weighted by Gasteiger charge is -2.28. The molecule has 1 aliphatic rings. The molecule has 10 aromatic carbocycles. The minimum atomic E-state index is -2.18. The summed E-state index contributed by atoms with van der Waals surface area (Å²) in [6, 6.07) is 92.8. The van der Waals surface area contributed by atoms with Gasteiger partial charge in [0.1, 0.15) is 8.07 Å². The highest BCUT2D eigenvalue weighted by molar-refractivity contribution is 7.04. The van der Waals surface area contributed by atoms with Gasteiger partial charge in [0.05, 0.1) is 0 Å². The van der Waals surface area contributed by atoms with Gasteiger partial charge in [-0.3, -0.25) is 0 Å². The van der Waals surface area contributed by atoms with Crippen LogP contribution in [0.25, 0.3) is 55.6 Å². The Hall–Kier alpha value is -7.98. The summed E-state index contributed by atoms with van der Waals surface area (Å²) in [5.74, 6) is 0. The Balaban J connectivity index is 0.940. The molecule has 65 heavy (non-hydrogen) atoms. The van der Waals surface area contributed by atoms with Crippen molar-refractivity contribution < 1.29 is 0 Å². The summed E-state index contributed by atoms with van der Waals surface area (Å²) in [6.45, 7) is 5.03. The molecule has 0 atom stereocenters. The van der Waals surface area contributed by atoms with Crippen molar-refractivity contribution in [3.63, 3.8) is 0 Å². The maximum atomic E-state index is 2.52. The second-order valence-electron chi connectivity index (χ2n) is 17.4. The van der Waals surface area contributed by atoms with E-state index in [1.165, 1.54) is 71.7 Å². The highest BCUT2D eigenvalue weighted by Crippen LogP contribution is 2.41. The van der Waals surface area contributed by atoms with Crippen LogP contribution in [0.1, 0.15) is 0 Å². The maximum absolute atomic E-state index is 2.52. The van der Waals surface area contributed by atoms with E-state index < -0.39 is 8.07 Å². The zero-order chi connectivity index (χ0) is 43.7. The van der Waals surface area contributed by atoms with Gasteiger partial charge in [0.2, 0.25) is 0 Å². The van der Waals surface area contributed by atoms with E-state index in [0.29, 0.717) is 0 Å². The van der Waals surface area contributed by atoms with Gasteiger partial charge in [-0.05, 0) is 139 Å². The van der Waals surface area contributed by atoms with Crippen LogP contribution in [-0.2, 0) is 0 Å². The van der Waals surface area contributed by atoms with Crippen LogP contribution in [0.2, 0.25) is 13.1 Å². The molecule has 310 valence electrons. The summed E-state index contributed by atoms with van der Waals surface area (Å²) < 4.78 is 0. The van der Waals surface area contributed by atoms with Crippen LogP contribution in [0.3, 0.4) is 0 Å². The summed E-state index contributed by atoms with van der Waals surface area (Å²) in [5, 5.41) is 2.92. The molecule has 2 nitrogen and oxygen atoms in total. The molecule has 0 saturated heterocycles. The topological polar surface area (TPSA) is 6.48 Å². The number of benzene rings is 10. The molecule has 0 aromatic heterocycles. The molecule has 0 unspecified atom stereocenters. The third-order valence-corrected chi connectivity index (χ3v) is 16.6. The third-order valence-electron chi connectivity index (χ3n) is 13.1. The van der Waals surface area contributed by atoms with E-state index in [9.17, 15) is 0 Å². The fourth-order valence-corrected chi connectivity index (χ4v) is 12.7. The lowest BCUT2D eigenvalue weighted by atomic mass is 10.00. The first kappa shape index (κ1) is 39.8. The van der Waals surface area contributed by atoms with Crippen molar-refractivity contribution in [1.29, 1.82) is 0 Å². The van der Waals surface area contributed by atoms with E-state index >= 15 is 0 Å². The molecule has 3 heteroatoms. The van der Waals surface area contributed by atoms with E-state index in [1.807, 2.05) is 0 Å². The molecule has 0 amide bonds. The van der Waals surface area contributed by atoms with Crippen LogP contribution in [0.5, 0.6) is 0 Å². The minimum Gasteiger partial charge on any atom is -0.311 e. The molecule has 0 spiro atoms. The van der Waals surface area contributed by atoms with Gasteiger partial charge in [-0.2, -0.15) is 0 Å². The van der Waals surface area contributed by atoms with Crippen molar-refractivity contribution in [2.45, 2.75) is 13.1 Å². The number of hydrogen-bond donors (Lipinski definition) is 0. The number of fused-ring (bicyclic) bond motifs is 3. The van der Waals surface area contributed by atoms with Gasteiger partial charge in [-0.15, -0.1) is 0 Å². The fraction of sp³-hybridized carbons (Fsp3) is 0.0323. The average molecular weight is 849 g/mol. The SMILES string of the molecule is C[Si]1(C)c2cc(N(c3ccccc3)c3ccc(-c4ccc(-c5ccccc5)cc4)cc3)ccc2-c2ccc(N(c3ccc(-c4ccccc4)cc3)c3ccc(-c4ccccc4)cc3)cc21. The van der Waals surface area contributed by atoms with E-state index in [4.69, 9.17) is 0 Å². The maximum Gasteiger partial charge on any atom is 0.114 e. The predicted molar refractivity (Wildman–Crippen MR) is 280 cm³/mol. The summed E-state index contributed by atoms with van der Waals surface area (Å²) in [4.78, 5) is 4.82. The van der Waals surface area contributed by atoms with Crippen LogP contribution in [0.4, 0.5) is 34.1 Å². The third kappa shape index (κ3) is 7.67. The molecule has 10 aromatic rings. The molecule has 0 saturated carbocycles. The van der Waals surface area contributed by atoms with Crippen molar-refractivity contribution in [3.8, 4) is 55.6 Å². The second kappa shape index (κ2) is 16.9. The van der Waals surface area contributed by atoms with Gasteiger partial charge in [0, 0.05) is 34.1 Å². The first-order chi connectivity index (χ1) is 32.0. The Morgan fingerprint density at radius 2 is 0.462 bits per heavy atom. The van der Waals surface area contributed by atoms with E-state index in [0.717, 1.165) is 28.4 Å². The smallest absolute Gasteiger partial charge is 0.114 e. The summed E-state index contributed by atoms with van der Waals surface area (Å²) in [5.41, 5.74) is 19.3. The summed E-state index contributed by atoms with van der Waals surface area (Å²) >= 11 is 0. The van der Waals surface area contributed by atoms with Crippen molar-refractivity contribution in [3.05, 3.63) is 255 Å². The number of hydrogen-bond acceptors (Lipinski definition) is 2. The number of para-hydroxylation sites is 1. The Labute approximate surface area is 384 Å². The monoisotopic (exact) mass is 848 g/mol. The Bertz CT molecular complexity index is 3140. The lowest BCUT2D eigenvalue weighted by Crippen LogP contribution is -2.49. The van der Waals surface area contributed by atoms with E-state index in [1.54, 1.807) is 0 Å². The van der Waals surface area contributed by atoms with Crippen LogP contribution >= 0.6 is 0 Å². The Morgan fingerprint density at radius 3 is 0.769 bits per heavy atom. The van der Waals surface area contributed by atoms with Crippen LogP contribution in [0.15, 0.2) is 255 Å². The number of rotatable bonds is 10. The zero-order valence-corrected chi connectivity index (χ0v) is 37.6. The molecule has 0 aliphatic carbocycles. The molecular formula is C62H48N2Si. The van der Waals surface area contributed by atoms with Crippen LogP contribution < -0.4 is 20.2 Å². The standard InChI is InChI=1S/C62H48N2Si/c1-65(2)61-43-57(63(53-21-13-6-14-22-53)54-37-31-52(32-38-54)49-25-23-48(24-26-49)45-15-7-3-8-16-45)39-41-59(61)60-42-40-58(44-62(60)65)64(55-33-27-50(28-34-55)46-17-9-4-10-18-46)56-35-29-51(30-36-56)47-19-11-5-12-20-47/h3-44H,1-2H3. The van der Waals surface area contributed by atoms with Crippen molar-refractivity contribution >= 4 is 52.6 Å². The molecule has 0 N–H and O–H groups in total. The normalized spacial score (nSPS) is 12.3. The second-order valence-corrected chi connectivity index (χ2v) is 21.7. The van der Waals surface area contributed by atoms with Crippen LogP contribution in [0, 0.1) is 0 Å². The first-order valence-corrected chi connectivity index (χ1v) is 25.5. The van der Waals surface area contributed by atoms with Crippen molar-refractivity contribution in [2.75, 3.05) is 9.80 Å². The largest absolute Gasteiger partial charge is 0.311 e. The van der Waals surface area contributed by atoms with Crippen molar-refractivity contribution in [1.82, 2.24) is 0 Å². The molecule has 1 heterocycles. The zero-order valence-electron chi connectivity index (χ0n) is 36.6. The molecule has 0 bridgehead atoms. The van der Waals surface area contributed by atoms with Crippen LogP contribution in [-0.4, -0.2) is 8.07 Å². The molecule has 11 rings (SSSR count). The Kier molecular flexibility index (Phi) is 10.4. The number of nitrogens with zero attached hydrogens (tertiary/aromatic N) is 2. The van der Waals surface area contributed by atoms with Gasteiger partial charge in [0.25, 0.3) is 0 Å². The molecule has 0 fully saturated rings. The van der Waals surface area contributed by atoms with Gasteiger partial charge >= 0.3 is 0 Å². The highest BCUT2D eigenvalue weighted by Gasteiger charge is 2.38. The fourth-order valence-electron chi connectivity index (χ4n) is 9.62. The quantitative estimate of drug-likeness (QED) is 0.127. The van der Waals surface area contributed by atoms with E-state index in [-0.39, 0.29) is 0 Å². The molecular weight excluding hydrogens is 801 g/mol. The number of anilines is 6. The first-order valence-electron chi connectivity index (χ1n) is 22.5. The van der Waals surface area contributed by atoms with E-state index in [2.05, 4.69) is 278 Å².